The van der Waals surface area contributed by atoms with Crippen LogP contribution in [0.25, 0.3) is 0 Å². The maximum absolute atomic E-state index is 4.83. The summed E-state index contributed by atoms with van der Waals surface area (Å²) < 4.78 is 8.71. The Balaban J connectivity index is 0. The van der Waals surface area contributed by atoms with Crippen molar-refractivity contribution >= 4 is 32.5 Å². The first-order valence-electron chi connectivity index (χ1n) is 2.30. The lowest BCUT2D eigenvalue weighted by Crippen LogP contribution is -1.84. The molecule has 0 heterocycles. The Morgan fingerprint density at radius 3 is 1.38 bits per heavy atom. The maximum Gasteiger partial charge on any atom is 0.115 e. The molecule has 0 rings (SSSR count). The molecule has 0 aliphatic carbocycles. The standard InChI is InChI=1S/C4H10O.Br2O/c1-3-5-4-2;1-3-2/h3-4H2,1-2H3;. The van der Waals surface area contributed by atoms with E-state index in [9.17, 15) is 0 Å². The van der Waals surface area contributed by atoms with Crippen LogP contribution in [0.4, 0.5) is 0 Å². The Kier molecular flexibility index (Phi) is 22.8. The van der Waals surface area contributed by atoms with Crippen LogP contribution in [0.2, 0.25) is 0 Å². The Labute approximate surface area is 67.5 Å². The molecule has 0 aliphatic rings. The van der Waals surface area contributed by atoms with E-state index < -0.39 is 0 Å². The highest BCUT2D eigenvalue weighted by Crippen LogP contribution is 1.88. The topological polar surface area (TPSA) is 18.5 Å². The molecule has 0 aliphatic heterocycles. The minimum Gasteiger partial charge on any atom is -0.382 e. The summed E-state index contributed by atoms with van der Waals surface area (Å²) in [6, 6.07) is 0. The van der Waals surface area contributed by atoms with Crippen molar-refractivity contribution in [3.63, 3.8) is 0 Å². The molecule has 0 aromatic rings. The van der Waals surface area contributed by atoms with Crippen LogP contribution in [0, 0.1) is 0 Å². The monoisotopic (exact) mass is 248 g/mol. The predicted molar refractivity (Wildman–Crippen MR) is 41.1 cm³/mol. The van der Waals surface area contributed by atoms with Crippen LogP contribution in [0.15, 0.2) is 0 Å². The molecule has 0 N–H and O–H groups in total. The summed E-state index contributed by atoms with van der Waals surface area (Å²) in [5.74, 6) is 0. The molecule has 0 aromatic carbocycles. The molecular weight excluding hydrogens is 240 g/mol. The number of hydrogen-bond acceptors (Lipinski definition) is 2. The average Bonchev–Trinajstić information content (AvgIpc) is 1.71. The largest absolute Gasteiger partial charge is 0.382 e. The third-order valence-electron chi connectivity index (χ3n) is 0.408. The van der Waals surface area contributed by atoms with Crippen LogP contribution in [-0.4, -0.2) is 13.2 Å². The van der Waals surface area contributed by atoms with Gasteiger partial charge in [0.2, 0.25) is 0 Å². The van der Waals surface area contributed by atoms with Crippen LogP contribution in [-0.2, 0) is 7.66 Å². The van der Waals surface area contributed by atoms with Crippen molar-refractivity contribution in [1.29, 1.82) is 0 Å². The van der Waals surface area contributed by atoms with Crippen molar-refractivity contribution in [1.82, 2.24) is 0 Å². The van der Waals surface area contributed by atoms with Gasteiger partial charge in [-0.05, 0) is 13.8 Å². The van der Waals surface area contributed by atoms with E-state index in [-0.39, 0.29) is 0 Å². The number of hydrogen-bond donors (Lipinski definition) is 0. The number of halogens is 2. The molecular formula is C4H10Br2O2. The van der Waals surface area contributed by atoms with Gasteiger partial charge in [-0.25, -0.2) is 2.92 Å². The molecule has 0 atom stereocenters. The molecule has 52 valence electrons. The molecule has 0 radical (unpaired) electrons. The quantitative estimate of drug-likeness (QED) is 0.749. The molecule has 0 spiro atoms. The third-order valence-corrected chi connectivity index (χ3v) is 0.408. The van der Waals surface area contributed by atoms with Crippen molar-refractivity contribution in [3.05, 3.63) is 0 Å². The fourth-order valence-electron chi connectivity index (χ4n) is 0.204. The van der Waals surface area contributed by atoms with Crippen LogP contribution in [0.1, 0.15) is 13.8 Å². The molecule has 0 amide bonds. The summed E-state index contributed by atoms with van der Waals surface area (Å²) in [4.78, 5) is 0. The average molecular weight is 250 g/mol. The highest BCUT2D eigenvalue weighted by atomic mass is 79.9. The number of rotatable bonds is 2. The summed E-state index contributed by atoms with van der Waals surface area (Å²) in [7, 11) is 0. The summed E-state index contributed by atoms with van der Waals surface area (Å²) in [6.45, 7) is 5.67. The Morgan fingerprint density at radius 1 is 1.12 bits per heavy atom. The van der Waals surface area contributed by atoms with Crippen LogP contribution < -0.4 is 0 Å². The van der Waals surface area contributed by atoms with Gasteiger partial charge in [0.15, 0.2) is 0 Å². The molecule has 0 aromatic heterocycles. The Bertz CT molecular complexity index is 26.0. The van der Waals surface area contributed by atoms with E-state index in [1.165, 1.54) is 0 Å². The lowest BCUT2D eigenvalue weighted by atomic mass is 10.8. The van der Waals surface area contributed by atoms with Gasteiger partial charge in [0.1, 0.15) is 32.5 Å². The van der Waals surface area contributed by atoms with Gasteiger partial charge in [-0.3, -0.25) is 0 Å². The predicted octanol–water partition coefficient (Wildman–Crippen LogP) is 2.67. The van der Waals surface area contributed by atoms with Crippen LogP contribution >= 0.6 is 32.5 Å². The second-order valence-electron chi connectivity index (χ2n) is 0.840. The fraction of sp³-hybridized carbons (Fsp3) is 1.00. The lowest BCUT2D eigenvalue weighted by molar-refractivity contribution is 0.162. The smallest absolute Gasteiger partial charge is 0.115 e. The maximum atomic E-state index is 4.83. The first kappa shape index (κ1) is 11.6. The summed E-state index contributed by atoms with van der Waals surface area (Å²) in [6.07, 6.45) is 0. The van der Waals surface area contributed by atoms with Crippen molar-refractivity contribution in [2.24, 2.45) is 0 Å². The van der Waals surface area contributed by atoms with Gasteiger partial charge in [0.05, 0.1) is 0 Å². The van der Waals surface area contributed by atoms with E-state index in [0.29, 0.717) is 0 Å². The minimum absolute atomic E-state index is 0.844. The van der Waals surface area contributed by atoms with E-state index in [0.717, 1.165) is 13.2 Å². The van der Waals surface area contributed by atoms with Gasteiger partial charge in [0, 0.05) is 13.2 Å². The van der Waals surface area contributed by atoms with Gasteiger partial charge in [-0.2, -0.15) is 0 Å². The zero-order valence-electron chi connectivity index (χ0n) is 4.99. The summed E-state index contributed by atoms with van der Waals surface area (Å²) in [5.41, 5.74) is 0. The number of ether oxygens (including phenoxy) is 1. The zero-order valence-corrected chi connectivity index (χ0v) is 8.16. The molecule has 0 saturated carbocycles. The van der Waals surface area contributed by atoms with Gasteiger partial charge in [-0.1, -0.05) is 0 Å². The zero-order chi connectivity index (χ0) is 6.83. The first-order chi connectivity index (χ1) is 3.83. The highest BCUT2D eigenvalue weighted by Gasteiger charge is 1.64. The van der Waals surface area contributed by atoms with E-state index in [1.54, 1.807) is 0 Å². The van der Waals surface area contributed by atoms with E-state index >= 15 is 0 Å². The van der Waals surface area contributed by atoms with E-state index in [1.807, 2.05) is 13.8 Å². The third kappa shape index (κ3) is 28.7. The molecule has 0 fully saturated rings. The van der Waals surface area contributed by atoms with Gasteiger partial charge in [0.25, 0.3) is 0 Å². The van der Waals surface area contributed by atoms with E-state index in [4.69, 9.17) is 4.74 Å². The van der Waals surface area contributed by atoms with Crippen molar-refractivity contribution in [3.8, 4) is 0 Å². The second-order valence-corrected chi connectivity index (χ2v) is 2.36. The molecule has 2 nitrogen and oxygen atoms in total. The normalized spacial score (nSPS) is 7.50. The van der Waals surface area contributed by atoms with Crippen LogP contribution in [0.3, 0.4) is 0 Å². The SMILES string of the molecule is BrOBr.CCOCC. The molecule has 0 unspecified atom stereocenters. The highest BCUT2D eigenvalue weighted by molar-refractivity contribution is 9.18. The van der Waals surface area contributed by atoms with E-state index in [2.05, 4.69) is 35.4 Å². The van der Waals surface area contributed by atoms with Gasteiger partial charge >= 0.3 is 0 Å². The molecule has 8 heavy (non-hydrogen) atoms. The lowest BCUT2D eigenvalue weighted by Gasteiger charge is -1.86. The van der Waals surface area contributed by atoms with Gasteiger partial charge in [-0.15, -0.1) is 0 Å². The Morgan fingerprint density at radius 2 is 1.38 bits per heavy atom. The first-order valence-corrected chi connectivity index (χ1v) is 3.60. The van der Waals surface area contributed by atoms with Crippen molar-refractivity contribution in [2.45, 2.75) is 13.8 Å². The molecule has 0 bridgehead atoms. The summed E-state index contributed by atoms with van der Waals surface area (Å²) in [5, 5.41) is 0. The molecule has 4 heteroatoms. The van der Waals surface area contributed by atoms with Crippen molar-refractivity contribution < 1.29 is 7.66 Å². The van der Waals surface area contributed by atoms with Gasteiger partial charge < -0.3 is 4.74 Å². The Hall–Kier alpha value is 0.880. The van der Waals surface area contributed by atoms with Crippen LogP contribution in [0.5, 0.6) is 0 Å². The van der Waals surface area contributed by atoms with Crippen molar-refractivity contribution in [2.75, 3.05) is 13.2 Å². The molecule has 0 saturated heterocycles. The fourth-order valence-corrected chi connectivity index (χ4v) is 0.204. The summed E-state index contributed by atoms with van der Waals surface area (Å²) >= 11 is 5.12. The second kappa shape index (κ2) is 15.7. The minimum atomic E-state index is 0.844.